The molecule has 1 aliphatic heterocycles. The molecule has 1 heterocycles. The molecule has 1 saturated heterocycles. The Morgan fingerprint density at radius 1 is 1.33 bits per heavy atom. The standard InChI is InChI=1S/C7H13N2/c1-2-7(3-1)6-8-4-5-9-7/h2,8-9H,1,3-6H2. The lowest BCUT2D eigenvalue weighted by atomic mass is 9.76. The number of piperazine rings is 1. The summed E-state index contributed by atoms with van der Waals surface area (Å²) in [6, 6.07) is 0. The number of hydrogen-bond donors (Lipinski definition) is 2. The summed E-state index contributed by atoms with van der Waals surface area (Å²) in [6.07, 6.45) is 5.02. The first-order valence-corrected chi connectivity index (χ1v) is 3.71. The van der Waals surface area contributed by atoms with E-state index in [4.69, 9.17) is 0 Å². The fraction of sp³-hybridized carbons (Fsp3) is 0.857. The van der Waals surface area contributed by atoms with Gasteiger partial charge in [-0.25, -0.2) is 0 Å². The molecule has 0 bridgehead atoms. The lowest BCUT2D eigenvalue weighted by molar-refractivity contribution is 0.231. The van der Waals surface area contributed by atoms with Gasteiger partial charge in [-0.05, 0) is 19.3 Å². The van der Waals surface area contributed by atoms with Crippen LogP contribution < -0.4 is 10.6 Å². The number of nitrogens with one attached hydrogen (secondary N) is 2. The summed E-state index contributed by atoms with van der Waals surface area (Å²) < 4.78 is 0. The maximum Gasteiger partial charge on any atom is 0.0338 e. The molecule has 0 amide bonds. The quantitative estimate of drug-likeness (QED) is 0.473. The minimum atomic E-state index is 0.415. The van der Waals surface area contributed by atoms with E-state index >= 15 is 0 Å². The summed E-state index contributed by atoms with van der Waals surface area (Å²) in [6.45, 7) is 3.42. The molecule has 2 rings (SSSR count). The highest BCUT2D eigenvalue weighted by atomic mass is 15.1. The molecule has 0 aromatic carbocycles. The van der Waals surface area contributed by atoms with Gasteiger partial charge in [0.05, 0.1) is 0 Å². The Hall–Kier alpha value is -0.0800. The maximum absolute atomic E-state index is 3.51. The van der Waals surface area contributed by atoms with Gasteiger partial charge in [0, 0.05) is 25.2 Å². The summed E-state index contributed by atoms with van der Waals surface area (Å²) in [7, 11) is 0. The van der Waals surface area contributed by atoms with E-state index in [9.17, 15) is 0 Å². The Kier molecular flexibility index (Phi) is 1.24. The third-order valence-corrected chi connectivity index (χ3v) is 2.34. The third kappa shape index (κ3) is 0.864. The largest absolute Gasteiger partial charge is 0.314 e. The molecular weight excluding hydrogens is 112 g/mol. The van der Waals surface area contributed by atoms with E-state index in [1.165, 1.54) is 12.8 Å². The molecular formula is C7H13N2. The van der Waals surface area contributed by atoms with Crippen molar-refractivity contribution in [2.45, 2.75) is 18.4 Å². The molecule has 1 aliphatic carbocycles. The lowest BCUT2D eigenvalue weighted by Gasteiger charge is -2.45. The van der Waals surface area contributed by atoms with Gasteiger partial charge < -0.3 is 10.6 Å². The van der Waals surface area contributed by atoms with Crippen LogP contribution in [0.5, 0.6) is 0 Å². The first-order chi connectivity index (χ1) is 4.41. The van der Waals surface area contributed by atoms with Crippen LogP contribution in [-0.4, -0.2) is 25.2 Å². The van der Waals surface area contributed by atoms with Crippen LogP contribution in [-0.2, 0) is 0 Å². The normalized spacial score (nSPS) is 32.0. The van der Waals surface area contributed by atoms with Gasteiger partial charge in [0.2, 0.25) is 0 Å². The molecule has 2 aliphatic rings. The predicted molar refractivity (Wildman–Crippen MR) is 37.1 cm³/mol. The molecule has 1 radical (unpaired) electrons. The molecule has 1 unspecified atom stereocenters. The van der Waals surface area contributed by atoms with Crippen molar-refractivity contribution in [3.63, 3.8) is 0 Å². The Labute approximate surface area is 56.0 Å². The molecule has 0 aromatic heterocycles. The van der Waals surface area contributed by atoms with Crippen LogP contribution >= 0.6 is 0 Å². The van der Waals surface area contributed by atoms with E-state index in [0.29, 0.717) is 5.54 Å². The van der Waals surface area contributed by atoms with E-state index in [0.717, 1.165) is 19.6 Å². The van der Waals surface area contributed by atoms with Gasteiger partial charge in [0.15, 0.2) is 0 Å². The van der Waals surface area contributed by atoms with Gasteiger partial charge >= 0.3 is 0 Å². The molecule has 9 heavy (non-hydrogen) atoms. The molecule has 51 valence electrons. The molecule has 2 nitrogen and oxygen atoms in total. The SMILES string of the molecule is [CH]1CCC12CNCCN2. The van der Waals surface area contributed by atoms with E-state index in [1.807, 2.05) is 0 Å². The molecule has 2 N–H and O–H groups in total. The van der Waals surface area contributed by atoms with Gasteiger partial charge in [-0.3, -0.25) is 0 Å². The first kappa shape index (κ1) is 5.69. The minimum absolute atomic E-state index is 0.415. The van der Waals surface area contributed by atoms with Crippen molar-refractivity contribution < 1.29 is 0 Å². The Bertz CT molecular complexity index is 99.5. The minimum Gasteiger partial charge on any atom is -0.314 e. The van der Waals surface area contributed by atoms with Crippen LogP contribution in [0.1, 0.15) is 12.8 Å². The van der Waals surface area contributed by atoms with Gasteiger partial charge in [-0.1, -0.05) is 0 Å². The van der Waals surface area contributed by atoms with E-state index in [1.54, 1.807) is 0 Å². The van der Waals surface area contributed by atoms with E-state index in [-0.39, 0.29) is 0 Å². The van der Waals surface area contributed by atoms with E-state index in [2.05, 4.69) is 17.1 Å². The Balaban J connectivity index is 1.93. The Morgan fingerprint density at radius 3 is 2.56 bits per heavy atom. The molecule has 1 saturated carbocycles. The molecule has 1 spiro atoms. The summed E-state index contributed by atoms with van der Waals surface area (Å²) in [5.74, 6) is 0. The van der Waals surface area contributed by atoms with Crippen molar-refractivity contribution >= 4 is 0 Å². The monoisotopic (exact) mass is 125 g/mol. The van der Waals surface area contributed by atoms with Crippen LogP contribution in [0, 0.1) is 6.42 Å². The van der Waals surface area contributed by atoms with Crippen LogP contribution in [0.15, 0.2) is 0 Å². The number of hydrogen-bond acceptors (Lipinski definition) is 2. The predicted octanol–water partition coefficient (Wildman–Crippen LogP) is -0.0839. The second-order valence-corrected chi connectivity index (χ2v) is 3.00. The second kappa shape index (κ2) is 1.96. The summed E-state index contributed by atoms with van der Waals surface area (Å²) >= 11 is 0. The fourth-order valence-electron chi connectivity index (χ4n) is 1.59. The first-order valence-electron chi connectivity index (χ1n) is 3.71. The molecule has 1 atom stereocenters. The zero-order valence-corrected chi connectivity index (χ0v) is 5.61. The van der Waals surface area contributed by atoms with Crippen molar-refractivity contribution in [2.75, 3.05) is 19.6 Å². The topological polar surface area (TPSA) is 24.1 Å². The average Bonchev–Trinajstić information content (AvgIpc) is 1.87. The average molecular weight is 125 g/mol. The number of rotatable bonds is 0. The second-order valence-electron chi connectivity index (χ2n) is 3.00. The smallest absolute Gasteiger partial charge is 0.0338 e. The summed E-state index contributed by atoms with van der Waals surface area (Å²) in [5, 5.41) is 6.90. The van der Waals surface area contributed by atoms with Gasteiger partial charge in [0.1, 0.15) is 0 Å². The maximum atomic E-state index is 3.51. The highest BCUT2D eigenvalue weighted by molar-refractivity contribution is 5.12. The van der Waals surface area contributed by atoms with Gasteiger partial charge in [0.25, 0.3) is 0 Å². The highest BCUT2D eigenvalue weighted by Gasteiger charge is 2.37. The van der Waals surface area contributed by atoms with Crippen molar-refractivity contribution in [1.29, 1.82) is 0 Å². The third-order valence-electron chi connectivity index (χ3n) is 2.34. The van der Waals surface area contributed by atoms with Crippen molar-refractivity contribution in [3.05, 3.63) is 6.42 Å². The van der Waals surface area contributed by atoms with Crippen LogP contribution in [0.4, 0.5) is 0 Å². The molecule has 2 heteroatoms. The van der Waals surface area contributed by atoms with Crippen molar-refractivity contribution in [3.8, 4) is 0 Å². The van der Waals surface area contributed by atoms with Crippen molar-refractivity contribution in [1.82, 2.24) is 10.6 Å². The zero-order valence-electron chi connectivity index (χ0n) is 5.61. The lowest BCUT2D eigenvalue weighted by Crippen LogP contribution is -2.63. The summed E-state index contributed by atoms with van der Waals surface area (Å²) in [4.78, 5) is 0. The van der Waals surface area contributed by atoms with E-state index < -0.39 is 0 Å². The highest BCUT2D eigenvalue weighted by Crippen LogP contribution is 2.30. The Morgan fingerprint density at radius 2 is 2.22 bits per heavy atom. The summed E-state index contributed by atoms with van der Waals surface area (Å²) in [5.41, 5.74) is 0.415. The van der Waals surface area contributed by atoms with Crippen LogP contribution in [0.2, 0.25) is 0 Å². The van der Waals surface area contributed by atoms with Crippen molar-refractivity contribution in [2.24, 2.45) is 0 Å². The van der Waals surface area contributed by atoms with Gasteiger partial charge in [-0.15, -0.1) is 0 Å². The van der Waals surface area contributed by atoms with Gasteiger partial charge in [-0.2, -0.15) is 0 Å². The fourth-order valence-corrected chi connectivity index (χ4v) is 1.59. The van der Waals surface area contributed by atoms with Crippen LogP contribution in [0.25, 0.3) is 0 Å². The van der Waals surface area contributed by atoms with Crippen LogP contribution in [0.3, 0.4) is 0 Å². The molecule has 0 aromatic rings. The zero-order chi connectivity index (χ0) is 6.16. The molecule has 2 fully saturated rings.